The van der Waals surface area contributed by atoms with Crippen LogP contribution in [0.5, 0.6) is 0 Å². The quantitative estimate of drug-likeness (QED) is 0.910. The summed E-state index contributed by atoms with van der Waals surface area (Å²) in [4.78, 5) is 2.08. The molecule has 2 aromatic rings. The van der Waals surface area contributed by atoms with Crippen LogP contribution in [-0.4, -0.2) is 13.6 Å². The summed E-state index contributed by atoms with van der Waals surface area (Å²) in [7, 11) is 2.00. The maximum absolute atomic E-state index is 13.4. The minimum absolute atomic E-state index is 0.217. The number of aryl methyl sites for hydroxylation is 1. The van der Waals surface area contributed by atoms with Gasteiger partial charge in [0.2, 0.25) is 0 Å². The predicted octanol–water partition coefficient (Wildman–Crippen LogP) is 3.40. The van der Waals surface area contributed by atoms with E-state index in [9.17, 15) is 4.39 Å². The highest BCUT2D eigenvalue weighted by Gasteiger charge is 2.11. The molecular weight excluding hydrogens is 239 g/mol. The lowest BCUT2D eigenvalue weighted by Gasteiger charge is -2.24. The summed E-state index contributed by atoms with van der Waals surface area (Å²) in [5, 5.41) is 0. The van der Waals surface area contributed by atoms with Gasteiger partial charge in [-0.15, -0.1) is 0 Å². The van der Waals surface area contributed by atoms with Crippen molar-refractivity contribution in [2.45, 2.75) is 13.3 Å². The SMILES string of the molecule is Cc1ccccc1N(C)c1ccc(F)cc1CCN. The van der Waals surface area contributed by atoms with Crippen LogP contribution in [0.2, 0.25) is 0 Å². The Kier molecular flexibility index (Phi) is 4.17. The van der Waals surface area contributed by atoms with Crippen molar-refractivity contribution in [3.05, 3.63) is 59.4 Å². The minimum atomic E-state index is -0.217. The number of rotatable bonds is 4. The van der Waals surface area contributed by atoms with Gasteiger partial charge < -0.3 is 10.6 Å². The second-order valence-electron chi connectivity index (χ2n) is 4.66. The first-order chi connectivity index (χ1) is 9.13. The number of nitrogens with zero attached hydrogens (tertiary/aromatic N) is 1. The van der Waals surface area contributed by atoms with Crippen LogP contribution in [0.4, 0.5) is 15.8 Å². The van der Waals surface area contributed by atoms with Crippen LogP contribution in [0.25, 0.3) is 0 Å². The molecule has 0 heterocycles. The van der Waals surface area contributed by atoms with Gasteiger partial charge in [-0.25, -0.2) is 4.39 Å². The number of para-hydroxylation sites is 1. The van der Waals surface area contributed by atoms with Crippen LogP contribution in [0.15, 0.2) is 42.5 Å². The Morgan fingerprint density at radius 1 is 1.11 bits per heavy atom. The molecule has 3 heteroatoms. The van der Waals surface area contributed by atoms with E-state index in [0.717, 1.165) is 16.9 Å². The maximum atomic E-state index is 13.4. The summed E-state index contributed by atoms with van der Waals surface area (Å²) in [5.41, 5.74) is 9.85. The molecule has 0 atom stereocenters. The molecule has 0 aliphatic carbocycles. The Morgan fingerprint density at radius 3 is 2.53 bits per heavy atom. The first-order valence-electron chi connectivity index (χ1n) is 6.41. The number of benzene rings is 2. The molecule has 2 N–H and O–H groups in total. The molecule has 0 aliphatic rings. The van der Waals surface area contributed by atoms with Crippen molar-refractivity contribution < 1.29 is 4.39 Å². The predicted molar refractivity (Wildman–Crippen MR) is 78.4 cm³/mol. The number of nitrogens with two attached hydrogens (primary N) is 1. The van der Waals surface area contributed by atoms with Crippen LogP contribution >= 0.6 is 0 Å². The molecule has 0 fully saturated rings. The lowest BCUT2D eigenvalue weighted by molar-refractivity contribution is 0.625. The van der Waals surface area contributed by atoms with E-state index in [1.165, 1.54) is 11.6 Å². The fourth-order valence-electron chi connectivity index (χ4n) is 2.31. The average molecular weight is 258 g/mol. The zero-order valence-corrected chi connectivity index (χ0v) is 11.4. The van der Waals surface area contributed by atoms with Gasteiger partial charge in [0.15, 0.2) is 0 Å². The number of halogens is 1. The molecule has 0 unspecified atom stereocenters. The van der Waals surface area contributed by atoms with E-state index in [0.29, 0.717) is 13.0 Å². The maximum Gasteiger partial charge on any atom is 0.123 e. The van der Waals surface area contributed by atoms with Crippen molar-refractivity contribution in [1.82, 2.24) is 0 Å². The number of hydrogen-bond acceptors (Lipinski definition) is 2. The molecular formula is C16H19FN2. The van der Waals surface area contributed by atoms with Gasteiger partial charge in [-0.3, -0.25) is 0 Å². The first-order valence-corrected chi connectivity index (χ1v) is 6.41. The zero-order valence-electron chi connectivity index (χ0n) is 11.4. The largest absolute Gasteiger partial charge is 0.344 e. The van der Waals surface area contributed by atoms with Crippen LogP contribution in [0, 0.1) is 12.7 Å². The van der Waals surface area contributed by atoms with Gasteiger partial charge in [0.05, 0.1) is 0 Å². The summed E-state index contributed by atoms with van der Waals surface area (Å²) in [6.45, 7) is 2.58. The second kappa shape index (κ2) is 5.85. The van der Waals surface area contributed by atoms with Gasteiger partial charge in [-0.05, 0) is 55.3 Å². The summed E-state index contributed by atoms with van der Waals surface area (Å²) in [5.74, 6) is -0.217. The fourth-order valence-corrected chi connectivity index (χ4v) is 2.31. The normalized spacial score (nSPS) is 10.5. The van der Waals surface area contributed by atoms with Gasteiger partial charge in [0.1, 0.15) is 5.82 Å². The molecule has 0 aliphatic heterocycles. The molecule has 100 valence electrons. The molecule has 19 heavy (non-hydrogen) atoms. The monoisotopic (exact) mass is 258 g/mol. The van der Waals surface area contributed by atoms with E-state index in [1.807, 2.05) is 25.2 Å². The summed E-state index contributed by atoms with van der Waals surface area (Å²) >= 11 is 0. The third-order valence-electron chi connectivity index (χ3n) is 3.29. The molecule has 2 rings (SSSR count). The highest BCUT2D eigenvalue weighted by Crippen LogP contribution is 2.29. The van der Waals surface area contributed by atoms with Crippen LogP contribution in [0.1, 0.15) is 11.1 Å². The van der Waals surface area contributed by atoms with Gasteiger partial charge in [-0.1, -0.05) is 18.2 Å². The molecule has 0 saturated carbocycles. The molecule has 0 amide bonds. The standard InChI is InChI=1S/C16H19FN2/c1-12-5-3-4-6-15(12)19(2)16-8-7-14(17)11-13(16)9-10-18/h3-8,11H,9-10,18H2,1-2H3. The third-order valence-corrected chi connectivity index (χ3v) is 3.29. The van der Waals surface area contributed by atoms with E-state index in [4.69, 9.17) is 5.73 Å². The van der Waals surface area contributed by atoms with Crippen LogP contribution in [-0.2, 0) is 6.42 Å². The van der Waals surface area contributed by atoms with Gasteiger partial charge in [-0.2, -0.15) is 0 Å². The Bertz CT molecular complexity index is 566. The molecule has 0 saturated heterocycles. The van der Waals surface area contributed by atoms with Crippen molar-refractivity contribution >= 4 is 11.4 Å². The number of hydrogen-bond donors (Lipinski definition) is 1. The molecule has 2 nitrogen and oxygen atoms in total. The Balaban J connectivity index is 2.43. The zero-order chi connectivity index (χ0) is 13.8. The fraction of sp³-hybridized carbons (Fsp3) is 0.250. The highest BCUT2D eigenvalue weighted by molar-refractivity contribution is 5.68. The summed E-state index contributed by atoms with van der Waals surface area (Å²) < 4.78 is 13.4. The van der Waals surface area contributed by atoms with Crippen molar-refractivity contribution in [3.8, 4) is 0 Å². The third kappa shape index (κ3) is 2.93. The van der Waals surface area contributed by atoms with Crippen molar-refractivity contribution in [1.29, 1.82) is 0 Å². The van der Waals surface area contributed by atoms with Gasteiger partial charge in [0.25, 0.3) is 0 Å². The van der Waals surface area contributed by atoms with Gasteiger partial charge in [0, 0.05) is 18.4 Å². The Hall–Kier alpha value is -1.87. The van der Waals surface area contributed by atoms with Crippen molar-refractivity contribution in [2.75, 3.05) is 18.5 Å². The van der Waals surface area contributed by atoms with Crippen molar-refractivity contribution in [2.24, 2.45) is 5.73 Å². The van der Waals surface area contributed by atoms with Crippen LogP contribution < -0.4 is 10.6 Å². The minimum Gasteiger partial charge on any atom is -0.344 e. The first kappa shape index (κ1) is 13.6. The summed E-state index contributed by atoms with van der Waals surface area (Å²) in [6.07, 6.45) is 0.670. The molecule has 0 bridgehead atoms. The van der Waals surface area contributed by atoms with E-state index in [1.54, 1.807) is 6.07 Å². The van der Waals surface area contributed by atoms with Crippen molar-refractivity contribution in [3.63, 3.8) is 0 Å². The molecule has 0 radical (unpaired) electrons. The van der Waals surface area contributed by atoms with E-state index >= 15 is 0 Å². The molecule has 2 aromatic carbocycles. The number of anilines is 2. The van der Waals surface area contributed by atoms with E-state index < -0.39 is 0 Å². The molecule has 0 spiro atoms. The second-order valence-corrected chi connectivity index (χ2v) is 4.66. The van der Waals surface area contributed by atoms with E-state index in [-0.39, 0.29) is 5.82 Å². The lowest BCUT2D eigenvalue weighted by Crippen LogP contribution is -2.15. The lowest BCUT2D eigenvalue weighted by atomic mass is 10.1. The topological polar surface area (TPSA) is 29.3 Å². The van der Waals surface area contributed by atoms with Crippen LogP contribution in [0.3, 0.4) is 0 Å². The average Bonchev–Trinajstić information content (AvgIpc) is 2.39. The Morgan fingerprint density at radius 2 is 1.84 bits per heavy atom. The molecule has 0 aromatic heterocycles. The Labute approximate surface area is 113 Å². The van der Waals surface area contributed by atoms with E-state index in [2.05, 4.69) is 24.0 Å². The van der Waals surface area contributed by atoms with Gasteiger partial charge >= 0.3 is 0 Å². The highest BCUT2D eigenvalue weighted by atomic mass is 19.1. The summed E-state index contributed by atoms with van der Waals surface area (Å²) in [6, 6.07) is 13.0. The smallest absolute Gasteiger partial charge is 0.123 e.